The molecule has 3 rings (SSSR count). The number of benzene rings is 2. The fraction of sp³-hybridized carbons (Fsp3) is 0.190. The van der Waals surface area contributed by atoms with Crippen LogP contribution in [0.5, 0.6) is 0 Å². The van der Waals surface area contributed by atoms with Crippen LogP contribution in [0.15, 0.2) is 60.0 Å². The molecule has 1 aromatic heterocycles. The maximum Gasteiger partial charge on any atom is 0.325 e. The number of rotatable bonds is 7. The van der Waals surface area contributed by atoms with E-state index in [1.807, 2.05) is 42.6 Å². The van der Waals surface area contributed by atoms with Gasteiger partial charge in [-0.15, -0.1) is 11.3 Å². The molecule has 6 nitrogen and oxygen atoms in total. The monoisotopic (exact) mass is 428 g/mol. The van der Waals surface area contributed by atoms with Gasteiger partial charge in [0.25, 0.3) is 0 Å². The number of carbonyl (C=O) groups excluding carboxylic acids is 2. The van der Waals surface area contributed by atoms with Crippen LogP contribution in [0.3, 0.4) is 0 Å². The van der Waals surface area contributed by atoms with Gasteiger partial charge in [0.15, 0.2) is 5.13 Å². The number of carbonyl (C=O) groups is 2. The first-order valence-corrected chi connectivity index (χ1v) is 10.4. The van der Waals surface area contributed by atoms with Crippen LogP contribution in [0, 0.1) is 0 Å². The van der Waals surface area contributed by atoms with Crippen molar-refractivity contribution in [3.05, 3.63) is 76.3 Å². The summed E-state index contributed by atoms with van der Waals surface area (Å²) in [6.07, 6.45) is 0.830. The molecular formula is C21H21ClN4O2S. The number of hydrogen-bond donors (Lipinski definition) is 3. The number of anilines is 2. The normalized spacial score (nSPS) is 11.5. The number of nitrogens with zero attached hydrogens (tertiary/aromatic N) is 1. The number of amides is 3. The Morgan fingerprint density at radius 2 is 1.90 bits per heavy atom. The second-order valence-electron chi connectivity index (χ2n) is 6.43. The van der Waals surface area contributed by atoms with Crippen molar-refractivity contribution in [3.63, 3.8) is 0 Å². The first-order valence-electron chi connectivity index (χ1n) is 9.12. The predicted molar refractivity (Wildman–Crippen MR) is 118 cm³/mol. The lowest BCUT2D eigenvalue weighted by molar-refractivity contribution is -0.121. The highest BCUT2D eigenvalue weighted by molar-refractivity contribution is 7.13. The summed E-state index contributed by atoms with van der Waals surface area (Å²) < 4.78 is 0. The van der Waals surface area contributed by atoms with E-state index in [0.29, 0.717) is 28.7 Å². The summed E-state index contributed by atoms with van der Waals surface area (Å²) >= 11 is 7.22. The van der Waals surface area contributed by atoms with Crippen LogP contribution in [0.1, 0.15) is 30.6 Å². The zero-order valence-corrected chi connectivity index (χ0v) is 17.4. The Kier molecular flexibility index (Phi) is 7.21. The fourth-order valence-corrected chi connectivity index (χ4v) is 3.62. The van der Waals surface area contributed by atoms with Gasteiger partial charge in [-0.1, -0.05) is 48.0 Å². The van der Waals surface area contributed by atoms with Crippen molar-refractivity contribution in [3.8, 4) is 0 Å². The molecule has 3 amide bonds. The fourth-order valence-electron chi connectivity index (χ4n) is 2.69. The molecule has 0 saturated carbocycles. The molecular weight excluding hydrogens is 408 g/mol. The van der Waals surface area contributed by atoms with Gasteiger partial charge in [0.2, 0.25) is 5.91 Å². The first-order chi connectivity index (χ1) is 14.0. The first kappa shape index (κ1) is 20.8. The van der Waals surface area contributed by atoms with Crippen LogP contribution in [0.4, 0.5) is 15.6 Å². The van der Waals surface area contributed by atoms with Gasteiger partial charge in [-0.2, -0.15) is 0 Å². The van der Waals surface area contributed by atoms with Crippen LogP contribution in [-0.2, 0) is 11.2 Å². The molecule has 1 atom stereocenters. The van der Waals surface area contributed by atoms with E-state index in [4.69, 9.17) is 11.6 Å². The quantitative estimate of drug-likeness (QED) is 0.480. The highest BCUT2D eigenvalue weighted by Crippen LogP contribution is 2.19. The lowest BCUT2D eigenvalue weighted by Crippen LogP contribution is -2.26. The van der Waals surface area contributed by atoms with E-state index in [2.05, 4.69) is 20.9 Å². The van der Waals surface area contributed by atoms with Crippen LogP contribution in [0.25, 0.3) is 0 Å². The number of urea groups is 1. The molecule has 0 spiro atoms. The number of aryl methyl sites for hydroxylation is 1. The van der Waals surface area contributed by atoms with E-state index in [9.17, 15) is 9.59 Å². The van der Waals surface area contributed by atoms with E-state index in [1.165, 1.54) is 11.3 Å². The van der Waals surface area contributed by atoms with E-state index in [1.54, 1.807) is 24.3 Å². The zero-order chi connectivity index (χ0) is 20.6. The van der Waals surface area contributed by atoms with E-state index < -0.39 is 6.03 Å². The third-order valence-corrected chi connectivity index (χ3v) is 5.18. The van der Waals surface area contributed by atoms with Crippen molar-refractivity contribution in [1.29, 1.82) is 0 Å². The molecule has 29 heavy (non-hydrogen) atoms. The summed E-state index contributed by atoms with van der Waals surface area (Å²) in [4.78, 5) is 28.6. The molecule has 0 aliphatic rings. The average molecular weight is 429 g/mol. The Morgan fingerprint density at radius 1 is 1.10 bits per heavy atom. The standard InChI is InChI=1S/C21H21ClN4O2S/c1-14(15-6-3-2-4-7-15)23-19(27)11-10-18-13-29-21(25-18)26-20(28)24-17-9-5-8-16(22)12-17/h2-9,12-14H,10-11H2,1H3,(H,23,27)(H2,24,25,26,28). The smallest absolute Gasteiger partial charge is 0.325 e. The summed E-state index contributed by atoms with van der Waals surface area (Å²) in [7, 11) is 0. The molecule has 0 radical (unpaired) electrons. The second kappa shape index (κ2) is 10.0. The average Bonchev–Trinajstić information content (AvgIpc) is 3.14. The molecule has 0 fully saturated rings. The third kappa shape index (κ3) is 6.58. The summed E-state index contributed by atoms with van der Waals surface area (Å²) in [6, 6.07) is 16.2. The van der Waals surface area contributed by atoms with Gasteiger partial charge in [0, 0.05) is 22.5 Å². The SMILES string of the molecule is CC(NC(=O)CCc1csc(NC(=O)Nc2cccc(Cl)c2)n1)c1ccccc1. The summed E-state index contributed by atoms with van der Waals surface area (Å²) in [5.41, 5.74) is 2.42. The Morgan fingerprint density at radius 3 is 2.66 bits per heavy atom. The number of halogens is 1. The van der Waals surface area contributed by atoms with E-state index in [0.717, 1.165) is 11.3 Å². The maximum absolute atomic E-state index is 12.2. The Balaban J connectivity index is 1.45. The van der Waals surface area contributed by atoms with Gasteiger partial charge >= 0.3 is 6.03 Å². The van der Waals surface area contributed by atoms with Crippen LogP contribution >= 0.6 is 22.9 Å². The van der Waals surface area contributed by atoms with Crippen molar-refractivity contribution in [2.75, 3.05) is 10.6 Å². The largest absolute Gasteiger partial charge is 0.350 e. The summed E-state index contributed by atoms with van der Waals surface area (Å²) in [5.74, 6) is -0.0393. The minimum Gasteiger partial charge on any atom is -0.350 e. The van der Waals surface area contributed by atoms with Gasteiger partial charge in [-0.05, 0) is 37.1 Å². The molecule has 3 aromatic rings. The molecule has 0 aliphatic carbocycles. The Hall–Kier alpha value is -2.90. The van der Waals surface area contributed by atoms with Crippen LogP contribution in [-0.4, -0.2) is 16.9 Å². The molecule has 0 saturated heterocycles. The van der Waals surface area contributed by atoms with Crippen molar-refractivity contribution < 1.29 is 9.59 Å². The van der Waals surface area contributed by atoms with Gasteiger partial charge in [0.05, 0.1) is 11.7 Å². The minimum atomic E-state index is -0.400. The topological polar surface area (TPSA) is 83.1 Å². The molecule has 3 N–H and O–H groups in total. The van der Waals surface area contributed by atoms with Crippen molar-refractivity contribution in [1.82, 2.24) is 10.3 Å². The lowest BCUT2D eigenvalue weighted by atomic mass is 10.1. The lowest BCUT2D eigenvalue weighted by Gasteiger charge is -2.13. The zero-order valence-electron chi connectivity index (χ0n) is 15.8. The molecule has 0 bridgehead atoms. The van der Waals surface area contributed by atoms with Gasteiger partial charge in [-0.25, -0.2) is 9.78 Å². The maximum atomic E-state index is 12.2. The van der Waals surface area contributed by atoms with Crippen molar-refractivity contribution in [2.24, 2.45) is 0 Å². The summed E-state index contributed by atoms with van der Waals surface area (Å²) in [6.45, 7) is 1.95. The van der Waals surface area contributed by atoms with Crippen LogP contribution < -0.4 is 16.0 Å². The number of thiazole rings is 1. The summed E-state index contributed by atoms with van der Waals surface area (Å²) in [5, 5.41) is 11.2. The second-order valence-corrected chi connectivity index (χ2v) is 7.73. The molecule has 1 heterocycles. The molecule has 150 valence electrons. The minimum absolute atomic E-state index is 0.0393. The molecule has 0 aliphatic heterocycles. The highest BCUT2D eigenvalue weighted by Gasteiger charge is 2.11. The molecule has 8 heteroatoms. The molecule has 1 unspecified atom stereocenters. The van der Waals surface area contributed by atoms with E-state index >= 15 is 0 Å². The number of nitrogens with one attached hydrogen (secondary N) is 3. The van der Waals surface area contributed by atoms with Gasteiger partial charge in [0.1, 0.15) is 0 Å². The Labute approximate surface area is 178 Å². The van der Waals surface area contributed by atoms with Crippen molar-refractivity contribution >= 4 is 45.7 Å². The molecule has 2 aromatic carbocycles. The number of aromatic nitrogens is 1. The van der Waals surface area contributed by atoms with Gasteiger partial charge < -0.3 is 10.6 Å². The van der Waals surface area contributed by atoms with Crippen molar-refractivity contribution in [2.45, 2.75) is 25.8 Å². The Bertz CT molecular complexity index is 978. The van der Waals surface area contributed by atoms with Crippen LogP contribution in [0.2, 0.25) is 5.02 Å². The van der Waals surface area contributed by atoms with E-state index in [-0.39, 0.29) is 11.9 Å². The number of hydrogen-bond acceptors (Lipinski definition) is 4. The highest BCUT2D eigenvalue weighted by atomic mass is 35.5. The third-order valence-electron chi connectivity index (χ3n) is 4.14. The van der Waals surface area contributed by atoms with Gasteiger partial charge in [-0.3, -0.25) is 10.1 Å². The predicted octanol–water partition coefficient (Wildman–Crippen LogP) is 5.25.